The van der Waals surface area contributed by atoms with Crippen LogP contribution >= 0.6 is 0 Å². The number of esters is 8. The predicted molar refractivity (Wildman–Crippen MR) is 185 cm³/mol. The first-order valence-electron chi connectivity index (χ1n) is 18.1. The zero-order valence-electron chi connectivity index (χ0n) is 30.3. The highest BCUT2D eigenvalue weighted by molar-refractivity contribution is 5.95. The third kappa shape index (κ3) is 29.0. The summed E-state index contributed by atoms with van der Waals surface area (Å²) in [5.41, 5.74) is 0.365. The van der Waals surface area contributed by atoms with Gasteiger partial charge in [-0.3, -0.25) is 28.8 Å². The van der Waals surface area contributed by atoms with Gasteiger partial charge in [-0.25, -0.2) is 9.59 Å². The lowest BCUT2D eigenvalue weighted by Gasteiger charge is -2.05. The molecule has 0 N–H and O–H groups in total. The first-order valence-corrected chi connectivity index (χ1v) is 18.1. The smallest absolute Gasteiger partial charge is 0.340 e. The first-order chi connectivity index (χ1) is 23.8. The van der Waals surface area contributed by atoms with Gasteiger partial charge in [-0.15, -0.1) is 0 Å². The van der Waals surface area contributed by atoms with Crippen LogP contribution in [0.5, 0.6) is 0 Å². The van der Waals surface area contributed by atoms with Crippen LogP contribution in [0.15, 0.2) is 24.3 Å². The Morgan fingerprint density at radius 1 is 0.300 bits per heavy atom. The highest BCUT2D eigenvalue weighted by atomic mass is 16.6. The lowest BCUT2D eigenvalue weighted by molar-refractivity contribution is -0.161. The number of rotatable bonds is 29. The van der Waals surface area contributed by atoms with Crippen LogP contribution in [-0.4, -0.2) is 47.8 Å². The van der Waals surface area contributed by atoms with Crippen LogP contribution in [0, 0.1) is 0 Å². The maximum Gasteiger partial charge on any atom is 0.340 e. The van der Waals surface area contributed by atoms with E-state index in [-0.39, 0.29) is 49.7 Å². The highest BCUT2D eigenvalue weighted by Gasteiger charge is 2.13. The van der Waals surface area contributed by atoms with Crippen molar-refractivity contribution in [3.05, 3.63) is 24.3 Å². The third-order valence-electron chi connectivity index (χ3n) is 7.60. The summed E-state index contributed by atoms with van der Waals surface area (Å²) >= 11 is 0. The molecule has 0 aromatic carbocycles. The van der Waals surface area contributed by atoms with Gasteiger partial charge in [-0.05, 0) is 52.4 Å². The maximum absolute atomic E-state index is 11.9. The summed E-state index contributed by atoms with van der Waals surface area (Å²) in [4.78, 5) is 93.2. The van der Waals surface area contributed by atoms with E-state index < -0.39 is 47.8 Å². The maximum atomic E-state index is 11.9. The van der Waals surface area contributed by atoms with Gasteiger partial charge >= 0.3 is 47.8 Å². The molecule has 12 nitrogen and oxygen atoms in total. The van der Waals surface area contributed by atoms with E-state index in [9.17, 15) is 38.4 Å². The van der Waals surface area contributed by atoms with Gasteiger partial charge < -0.3 is 18.9 Å². The summed E-state index contributed by atoms with van der Waals surface area (Å²) < 4.78 is 19.0. The number of unbranched alkanes of at least 4 members (excludes halogenated alkanes) is 15. The molecule has 0 saturated heterocycles. The summed E-state index contributed by atoms with van der Waals surface area (Å²) in [7, 11) is 0. The number of hydrogen-bond donors (Lipinski definition) is 0. The fraction of sp³-hybridized carbons (Fsp3) is 0.684. The first kappa shape index (κ1) is 46.0. The van der Waals surface area contributed by atoms with Crippen LogP contribution in [0.2, 0.25) is 0 Å². The van der Waals surface area contributed by atoms with E-state index in [0.717, 1.165) is 77.0 Å². The zero-order valence-corrected chi connectivity index (χ0v) is 30.3. The summed E-state index contributed by atoms with van der Waals surface area (Å²) in [5, 5.41) is 0. The van der Waals surface area contributed by atoms with Gasteiger partial charge in [0.2, 0.25) is 0 Å². The van der Waals surface area contributed by atoms with E-state index in [1.54, 1.807) is 0 Å². The SMILES string of the molecule is C=C(C)C(=O)OC(=O)CCCCCCCCC(=O)OC(=O)CCCCCCCCC(=O)OC(=O)CCCCCCCCC(=O)OC(=O)C(=C)C. The molecule has 0 amide bonds. The van der Waals surface area contributed by atoms with Crippen LogP contribution < -0.4 is 0 Å². The Balaban J connectivity index is 3.60. The molecule has 0 radical (unpaired) electrons. The molecular formula is C38H58O12. The van der Waals surface area contributed by atoms with Gasteiger partial charge in [0.15, 0.2) is 0 Å². The normalized spacial score (nSPS) is 10.5. The summed E-state index contributed by atoms with van der Waals surface area (Å²) in [6.45, 7) is 9.81. The van der Waals surface area contributed by atoms with Crippen molar-refractivity contribution in [1.29, 1.82) is 0 Å². The molecule has 0 bridgehead atoms. The molecule has 282 valence electrons. The van der Waals surface area contributed by atoms with Crippen molar-refractivity contribution >= 4 is 47.8 Å². The van der Waals surface area contributed by atoms with Crippen molar-refractivity contribution in [1.82, 2.24) is 0 Å². The van der Waals surface area contributed by atoms with Crippen LogP contribution in [0.1, 0.15) is 168 Å². The van der Waals surface area contributed by atoms with E-state index >= 15 is 0 Å². The van der Waals surface area contributed by atoms with Gasteiger partial charge in [-0.1, -0.05) is 90.2 Å². The fourth-order valence-electron chi connectivity index (χ4n) is 4.68. The molecule has 0 aromatic heterocycles. The van der Waals surface area contributed by atoms with Crippen molar-refractivity contribution in [2.75, 3.05) is 0 Å². The van der Waals surface area contributed by atoms with Crippen molar-refractivity contribution < 1.29 is 57.3 Å². The molecule has 0 heterocycles. The van der Waals surface area contributed by atoms with E-state index in [2.05, 4.69) is 22.6 Å². The van der Waals surface area contributed by atoms with Crippen molar-refractivity contribution in [3.8, 4) is 0 Å². The van der Waals surface area contributed by atoms with Gasteiger partial charge in [0.05, 0.1) is 0 Å². The summed E-state index contributed by atoms with van der Waals surface area (Å²) in [6.07, 6.45) is 14.9. The monoisotopic (exact) mass is 706 g/mol. The van der Waals surface area contributed by atoms with E-state index in [1.807, 2.05) is 0 Å². The minimum atomic E-state index is -0.702. The van der Waals surface area contributed by atoms with Gasteiger partial charge in [-0.2, -0.15) is 0 Å². The van der Waals surface area contributed by atoms with Crippen LogP contribution in [0.3, 0.4) is 0 Å². The molecule has 0 aliphatic heterocycles. The molecule has 0 spiro atoms. The van der Waals surface area contributed by atoms with Crippen molar-refractivity contribution in [2.24, 2.45) is 0 Å². The molecule has 0 saturated carbocycles. The van der Waals surface area contributed by atoms with E-state index in [1.165, 1.54) is 13.8 Å². The number of hydrogen-bond acceptors (Lipinski definition) is 12. The van der Waals surface area contributed by atoms with Gasteiger partial charge in [0.1, 0.15) is 0 Å². The average molecular weight is 707 g/mol. The molecule has 0 rings (SSSR count). The molecule has 0 aliphatic carbocycles. The van der Waals surface area contributed by atoms with Gasteiger partial charge in [0, 0.05) is 49.7 Å². The second-order valence-electron chi connectivity index (χ2n) is 12.6. The Morgan fingerprint density at radius 2 is 0.460 bits per heavy atom. The largest absolute Gasteiger partial charge is 0.393 e. The quantitative estimate of drug-likeness (QED) is 0.0243. The molecule has 0 aliphatic rings. The highest BCUT2D eigenvalue weighted by Crippen LogP contribution is 2.13. The predicted octanol–water partition coefficient (Wildman–Crippen LogP) is 7.78. The lowest BCUT2D eigenvalue weighted by Crippen LogP contribution is -2.12. The molecule has 0 unspecified atom stereocenters. The van der Waals surface area contributed by atoms with E-state index in [4.69, 9.17) is 9.47 Å². The fourth-order valence-corrected chi connectivity index (χ4v) is 4.68. The Hall–Kier alpha value is -3.96. The molecule has 0 atom stereocenters. The third-order valence-corrected chi connectivity index (χ3v) is 7.60. The molecular weight excluding hydrogens is 648 g/mol. The second-order valence-corrected chi connectivity index (χ2v) is 12.6. The number of ether oxygens (including phenoxy) is 4. The Kier molecular flexibility index (Phi) is 27.5. The Morgan fingerprint density at radius 3 is 0.640 bits per heavy atom. The molecule has 0 fully saturated rings. The standard InChI is InChI=1S/C38H58O12/c1-29(2)37(45)49-35(43)27-21-15-9-7-13-19-25-33(41)47-31(39)23-17-11-5-6-12-18-24-32(40)48-34(42)26-20-14-8-10-16-22-28-36(44)50-38(46)30(3)4/h1,3,5-28H2,2,4H3. The second kappa shape index (κ2) is 29.9. The van der Waals surface area contributed by atoms with Crippen molar-refractivity contribution in [2.45, 2.75) is 168 Å². The Bertz CT molecular complexity index is 1050. The molecule has 0 aromatic rings. The topological polar surface area (TPSA) is 173 Å². The van der Waals surface area contributed by atoms with Gasteiger partial charge in [0.25, 0.3) is 0 Å². The Labute approximate surface area is 297 Å². The zero-order chi connectivity index (χ0) is 37.6. The molecule has 12 heteroatoms. The average Bonchev–Trinajstić information content (AvgIpc) is 3.04. The van der Waals surface area contributed by atoms with E-state index in [0.29, 0.717) is 38.5 Å². The van der Waals surface area contributed by atoms with Crippen LogP contribution in [0.4, 0.5) is 0 Å². The van der Waals surface area contributed by atoms with Crippen LogP contribution in [-0.2, 0) is 57.3 Å². The summed E-state index contributed by atoms with van der Waals surface area (Å²) in [5.74, 6) is -4.59. The summed E-state index contributed by atoms with van der Waals surface area (Å²) in [6, 6.07) is 0. The lowest BCUT2D eigenvalue weighted by atomic mass is 10.1. The minimum Gasteiger partial charge on any atom is -0.393 e. The molecule has 50 heavy (non-hydrogen) atoms. The van der Waals surface area contributed by atoms with Crippen molar-refractivity contribution in [3.63, 3.8) is 0 Å². The number of carbonyl (C=O) groups excluding carboxylic acids is 8. The number of carbonyl (C=O) groups is 8. The van der Waals surface area contributed by atoms with Crippen LogP contribution in [0.25, 0.3) is 0 Å². The minimum absolute atomic E-state index is 0.173.